The molecular weight excluding hydrogens is 385 g/mol. The fourth-order valence-electron chi connectivity index (χ4n) is 2.71. The number of carbonyl (C=O) groups is 2. The van der Waals surface area contributed by atoms with Crippen LogP contribution >= 0.6 is 0 Å². The number of fused-ring (bicyclic) bond motifs is 2. The number of urea groups is 1. The predicted octanol–water partition coefficient (Wildman–Crippen LogP) is -5.61. The molecule has 16 heteroatoms. The molecule has 3 heterocycles. The van der Waals surface area contributed by atoms with Crippen LogP contribution in [0.4, 0.5) is 4.79 Å². The minimum atomic E-state index is -5.07. The largest absolute Gasteiger partial charge is 1.00 e. The summed E-state index contributed by atoms with van der Waals surface area (Å²) in [6.07, 6.45) is 1.96. The van der Waals surface area contributed by atoms with E-state index in [0.29, 0.717) is 18.0 Å². The summed E-state index contributed by atoms with van der Waals surface area (Å²) in [6, 6.07) is -2.29. The molecule has 0 saturated carbocycles. The molecule has 2 saturated heterocycles. The molecule has 0 spiro atoms. The second kappa shape index (κ2) is 8.55. The quantitative estimate of drug-likeness (QED) is 0.153. The van der Waals surface area contributed by atoms with Gasteiger partial charge in [-0.3, -0.25) is 9.63 Å². The molecule has 0 radical (unpaired) electrons. The Kier molecular flexibility index (Phi) is 6.89. The van der Waals surface area contributed by atoms with Crippen LogP contribution in [-0.2, 0) is 30.9 Å². The number of aromatic nitrogens is 4. The summed E-state index contributed by atoms with van der Waals surface area (Å²) in [5.41, 5.74) is 2.23. The van der Waals surface area contributed by atoms with E-state index in [2.05, 4.69) is 25.3 Å². The fraction of sp³-hybridized carbons (Fsp3) is 0.700. The van der Waals surface area contributed by atoms with Crippen molar-refractivity contribution in [1.82, 2.24) is 35.7 Å². The van der Waals surface area contributed by atoms with Crippen molar-refractivity contribution in [3.8, 4) is 0 Å². The third kappa shape index (κ3) is 4.87. The summed E-state index contributed by atoms with van der Waals surface area (Å²) >= 11 is 0. The topological polar surface area (TPSA) is 172 Å². The molecule has 14 nitrogen and oxygen atoms in total. The van der Waals surface area contributed by atoms with Gasteiger partial charge in [-0.05, 0) is 23.3 Å². The van der Waals surface area contributed by atoms with Gasteiger partial charge in [0.15, 0.2) is 0 Å². The molecule has 138 valence electrons. The first-order chi connectivity index (χ1) is 11.8. The molecule has 26 heavy (non-hydrogen) atoms. The third-order valence-electron chi connectivity index (χ3n) is 3.78. The first-order valence-corrected chi connectivity index (χ1v) is 8.56. The number of nitrogens with zero attached hydrogens (tertiary/aromatic N) is 6. The maximum Gasteiger partial charge on any atom is 1.00 e. The molecular formula is C10H14N7NaO7S. The Bertz CT molecular complexity index is 745. The van der Waals surface area contributed by atoms with Gasteiger partial charge in [0, 0.05) is 6.54 Å². The minimum absolute atomic E-state index is 0. The standard InChI is InChI=1S/C10H15N7O7S.Na/c18-9(12-23-4-3-15-6-11-13-14-15)8-2-1-7-5-16(8)10(19)17(7)24-25(20,21)22;/h6-8H,1-5H2,(H,12,18)(H,20,21,22);/q;+1/p-1/t7-,8+;/m1./s1. The Morgan fingerprint density at radius 2 is 2.19 bits per heavy atom. The zero-order valence-electron chi connectivity index (χ0n) is 13.7. The number of piperidine rings is 1. The van der Waals surface area contributed by atoms with Crippen molar-refractivity contribution < 1.29 is 61.2 Å². The van der Waals surface area contributed by atoms with E-state index in [1.165, 1.54) is 11.0 Å². The van der Waals surface area contributed by atoms with Crippen LogP contribution < -0.4 is 35.0 Å². The van der Waals surface area contributed by atoms with Gasteiger partial charge in [-0.25, -0.2) is 23.4 Å². The van der Waals surface area contributed by atoms with E-state index in [0.717, 1.165) is 4.90 Å². The summed E-state index contributed by atoms with van der Waals surface area (Å²) in [5.74, 6) is -0.560. The molecule has 1 aromatic heterocycles. The van der Waals surface area contributed by atoms with Crippen molar-refractivity contribution in [2.24, 2.45) is 0 Å². The molecule has 2 fully saturated rings. The number of amides is 3. The average Bonchev–Trinajstić information content (AvgIpc) is 3.14. The molecule has 1 N–H and O–H groups in total. The van der Waals surface area contributed by atoms with E-state index >= 15 is 0 Å². The molecule has 0 aliphatic carbocycles. The molecule has 2 aliphatic heterocycles. The third-order valence-corrected chi connectivity index (χ3v) is 4.13. The van der Waals surface area contributed by atoms with Gasteiger partial charge in [0.1, 0.15) is 12.4 Å². The Morgan fingerprint density at radius 3 is 2.85 bits per heavy atom. The van der Waals surface area contributed by atoms with E-state index in [1.807, 2.05) is 0 Å². The normalized spacial score (nSPS) is 22.3. The van der Waals surface area contributed by atoms with Crippen molar-refractivity contribution >= 4 is 22.3 Å². The van der Waals surface area contributed by atoms with Gasteiger partial charge in [-0.1, -0.05) is 0 Å². The maximum absolute atomic E-state index is 12.2. The van der Waals surface area contributed by atoms with Crippen LogP contribution in [0.1, 0.15) is 12.8 Å². The number of rotatable bonds is 7. The van der Waals surface area contributed by atoms with Gasteiger partial charge in [-0.2, -0.15) is 9.35 Å². The number of hydrogen-bond donors (Lipinski definition) is 1. The van der Waals surface area contributed by atoms with Crippen molar-refractivity contribution in [2.45, 2.75) is 31.5 Å². The number of carbonyl (C=O) groups excluding carboxylic acids is 2. The number of hydrogen-bond acceptors (Lipinski definition) is 10. The molecule has 0 unspecified atom stereocenters. The van der Waals surface area contributed by atoms with Crippen LogP contribution in [-0.4, -0.2) is 80.3 Å². The van der Waals surface area contributed by atoms with Crippen molar-refractivity contribution in [3.05, 3.63) is 6.33 Å². The van der Waals surface area contributed by atoms with Crippen molar-refractivity contribution in [2.75, 3.05) is 13.2 Å². The van der Waals surface area contributed by atoms with Gasteiger partial charge in [0.25, 0.3) is 5.91 Å². The molecule has 0 aromatic carbocycles. The average molecular weight is 399 g/mol. The van der Waals surface area contributed by atoms with Crippen LogP contribution in [0.3, 0.4) is 0 Å². The Labute approximate surface area is 169 Å². The van der Waals surface area contributed by atoms with Gasteiger partial charge < -0.3 is 9.45 Å². The van der Waals surface area contributed by atoms with Gasteiger partial charge in [0.05, 0.1) is 19.2 Å². The Hall–Kier alpha value is -1.36. The van der Waals surface area contributed by atoms with Crippen LogP contribution in [0, 0.1) is 0 Å². The Morgan fingerprint density at radius 1 is 1.42 bits per heavy atom. The van der Waals surface area contributed by atoms with Crippen LogP contribution in [0.2, 0.25) is 0 Å². The fourth-order valence-corrected chi connectivity index (χ4v) is 3.10. The number of hydroxylamine groups is 3. The minimum Gasteiger partial charge on any atom is -0.724 e. The zero-order valence-corrected chi connectivity index (χ0v) is 16.5. The van der Waals surface area contributed by atoms with E-state index in [9.17, 15) is 22.6 Å². The van der Waals surface area contributed by atoms with Crippen molar-refractivity contribution in [1.29, 1.82) is 0 Å². The second-order valence-corrected chi connectivity index (χ2v) is 6.34. The van der Waals surface area contributed by atoms with Crippen LogP contribution in [0.25, 0.3) is 0 Å². The summed E-state index contributed by atoms with van der Waals surface area (Å²) in [7, 11) is -5.07. The van der Waals surface area contributed by atoms with Gasteiger partial charge in [-0.15, -0.1) is 5.10 Å². The number of nitrogens with one attached hydrogen (secondary N) is 1. The Balaban J connectivity index is 0.00000243. The molecule has 2 atom stereocenters. The van der Waals surface area contributed by atoms with Gasteiger partial charge >= 0.3 is 35.6 Å². The maximum atomic E-state index is 12.2. The molecule has 2 bridgehead atoms. The summed E-state index contributed by atoms with van der Waals surface area (Å²) < 4.78 is 37.7. The smallest absolute Gasteiger partial charge is 0.724 e. The second-order valence-electron chi connectivity index (χ2n) is 5.38. The van der Waals surface area contributed by atoms with E-state index in [4.69, 9.17) is 4.84 Å². The van der Waals surface area contributed by atoms with Crippen molar-refractivity contribution in [3.63, 3.8) is 0 Å². The SMILES string of the molecule is O=C(NOCCn1cnnn1)[C@@H]1CC[C@@H]2CN1C(=O)N2OS(=O)(=O)[O-].[Na+]. The van der Waals surface area contributed by atoms with E-state index in [1.54, 1.807) is 0 Å². The zero-order chi connectivity index (χ0) is 18.0. The summed E-state index contributed by atoms with van der Waals surface area (Å²) in [5, 5.41) is 11.0. The molecule has 1 aromatic rings. The number of tetrazole rings is 1. The summed E-state index contributed by atoms with van der Waals surface area (Å²) in [6.45, 7) is 0.493. The van der Waals surface area contributed by atoms with Gasteiger partial charge in [0.2, 0.25) is 10.4 Å². The molecule has 3 rings (SSSR count). The van der Waals surface area contributed by atoms with E-state index < -0.39 is 34.4 Å². The monoisotopic (exact) mass is 399 g/mol. The first kappa shape index (κ1) is 20.9. The van der Waals surface area contributed by atoms with E-state index in [-0.39, 0.29) is 49.1 Å². The summed E-state index contributed by atoms with van der Waals surface area (Å²) in [4.78, 5) is 30.5. The first-order valence-electron chi connectivity index (χ1n) is 7.23. The predicted molar refractivity (Wildman–Crippen MR) is 73.4 cm³/mol. The van der Waals surface area contributed by atoms with Crippen LogP contribution in [0.5, 0.6) is 0 Å². The molecule has 3 amide bonds. The molecule has 2 aliphatic rings. The van der Waals surface area contributed by atoms with Crippen LogP contribution in [0.15, 0.2) is 6.33 Å².